The van der Waals surface area contributed by atoms with Crippen LogP contribution in [0.4, 0.5) is 10.1 Å². The fraction of sp³-hybridized carbons (Fsp3) is 0.364. The summed E-state index contributed by atoms with van der Waals surface area (Å²) in [5, 5.41) is 5.75. The first-order valence-electron chi connectivity index (χ1n) is 10.1. The number of benzene rings is 2. The molecule has 8 heteroatoms. The zero-order valence-electron chi connectivity index (χ0n) is 17.2. The van der Waals surface area contributed by atoms with Gasteiger partial charge >= 0.3 is 0 Å². The van der Waals surface area contributed by atoms with E-state index in [4.69, 9.17) is 4.74 Å². The maximum absolute atomic E-state index is 12.9. The molecular formula is C22H29FN4O3+2. The van der Waals surface area contributed by atoms with Crippen molar-refractivity contribution >= 4 is 17.5 Å². The van der Waals surface area contributed by atoms with E-state index in [1.54, 1.807) is 19.2 Å². The molecule has 7 nitrogen and oxygen atoms in total. The molecule has 0 saturated carbocycles. The number of carbonyl (C=O) groups excluding carboxylic acids is 2. The normalized spacial score (nSPS) is 18.5. The van der Waals surface area contributed by atoms with E-state index in [0.717, 1.165) is 37.5 Å². The number of halogens is 1. The molecule has 0 radical (unpaired) electrons. The van der Waals surface area contributed by atoms with Gasteiger partial charge in [-0.3, -0.25) is 9.59 Å². The van der Waals surface area contributed by atoms with Crippen LogP contribution in [0, 0.1) is 5.82 Å². The van der Waals surface area contributed by atoms with Gasteiger partial charge in [0.15, 0.2) is 13.1 Å². The minimum Gasteiger partial charge on any atom is -0.497 e. The number of anilines is 1. The van der Waals surface area contributed by atoms with Crippen LogP contribution in [0.2, 0.25) is 0 Å². The number of nitrogens with one attached hydrogen (secondary N) is 4. The molecule has 1 aliphatic rings. The summed E-state index contributed by atoms with van der Waals surface area (Å²) >= 11 is 0. The number of piperazine rings is 1. The average Bonchev–Trinajstić information content (AvgIpc) is 2.75. The Labute approximate surface area is 175 Å². The highest BCUT2D eigenvalue weighted by molar-refractivity contribution is 5.91. The van der Waals surface area contributed by atoms with E-state index >= 15 is 0 Å². The van der Waals surface area contributed by atoms with Crippen LogP contribution >= 0.6 is 0 Å². The number of hydrogen-bond donors (Lipinski definition) is 4. The van der Waals surface area contributed by atoms with Crippen molar-refractivity contribution in [3.8, 4) is 5.75 Å². The van der Waals surface area contributed by atoms with E-state index in [1.165, 1.54) is 21.9 Å². The summed E-state index contributed by atoms with van der Waals surface area (Å²) in [6.07, 6.45) is 0. The summed E-state index contributed by atoms with van der Waals surface area (Å²) in [6.45, 7) is 4.65. The predicted molar refractivity (Wildman–Crippen MR) is 111 cm³/mol. The molecule has 0 bridgehead atoms. The Bertz CT molecular complexity index is 834. The molecule has 30 heavy (non-hydrogen) atoms. The van der Waals surface area contributed by atoms with Crippen LogP contribution in [-0.4, -0.2) is 58.2 Å². The molecule has 0 spiro atoms. The summed E-state index contributed by atoms with van der Waals surface area (Å²) in [6, 6.07) is 13.4. The molecule has 2 aromatic carbocycles. The Morgan fingerprint density at radius 2 is 1.47 bits per heavy atom. The second-order valence-electron chi connectivity index (χ2n) is 7.53. The third-order valence-electron chi connectivity index (χ3n) is 5.26. The highest BCUT2D eigenvalue weighted by atomic mass is 19.1. The standard InChI is InChI=1S/C22H27FN4O3/c1-30-20-8-2-17(3-9-20)14-24-21(28)15-26-10-12-27(13-11-26)16-22(29)25-19-6-4-18(23)5-7-19/h2-9H,10-16H2,1H3,(H,24,28)(H,25,29)/p+2. The quantitative estimate of drug-likeness (QED) is 0.440. The second kappa shape index (κ2) is 10.7. The first-order valence-corrected chi connectivity index (χ1v) is 10.1. The lowest BCUT2D eigenvalue weighted by atomic mass is 10.2. The van der Waals surface area contributed by atoms with E-state index < -0.39 is 0 Å². The third kappa shape index (κ3) is 6.82. The molecule has 1 saturated heterocycles. The summed E-state index contributed by atoms with van der Waals surface area (Å²) in [4.78, 5) is 26.8. The molecule has 0 atom stereocenters. The predicted octanol–water partition coefficient (Wildman–Crippen LogP) is -1.13. The van der Waals surface area contributed by atoms with Crippen molar-refractivity contribution in [2.45, 2.75) is 6.54 Å². The maximum Gasteiger partial charge on any atom is 0.279 e. The van der Waals surface area contributed by atoms with Gasteiger partial charge in [-0.05, 0) is 42.0 Å². The smallest absolute Gasteiger partial charge is 0.279 e. The monoisotopic (exact) mass is 416 g/mol. The number of carbonyl (C=O) groups is 2. The summed E-state index contributed by atoms with van der Waals surface area (Å²) in [5.41, 5.74) is 1.62. The van der Waals surface area contributed by atoms with Gasteiger partial charge in [0.2, 0.25) is 0 Å². The van der Waals surface area contributed by atoms with Crippen LogP contribution in [-0.2, 0) is 16.1 Å². The van der Waals surface area contributed by atoms with Crippen LogP contribution in [0.3, 0.4) is 0 Å². The SMILES string of the molecule is COc1ccc(CNC(=O)C[NH+]2CC[NH+](CC(=O)Nc3ccc(F)cc3)CC2)cc1. The number of amides is 2. The van der Waals surface area contributed by atoms with E-state index in [-0.39, 0.29) is 17.6 Å². The summed E-state index contributed by atoms with van der Waals surface area (Å²) in [7, 11) is 1.62. The van der Waals surface area contributed by atoms with E-state index in [2.05, 4.69) is 10.6 Å². The third-order valence-corrected chi connectivity index (χ3v) is 5.26. The molecule has 0 aromatic heterocycles. The second-order valence-corrected chi connectivity index (χ2v) is 7.53. The highest BCUT2D eigenvalue weighted by Crippen LogP contribution is 2.10. The Hall–Kier alpha value is -2.97. The van der Waals surface area contributed by atoms with Gasteiger partial charge in [-0.25, -0.2) is 4.39 Å². The van der Waals surface area contributed by atoms with Gasteiger partial charge in [-0.2, -0.15) is 0 Å². The number of quaternary nitrogens is 2. The Balaban J connectivity index is 1.33. The first kappa shape index (κ1) is 21.7. The van der Waals surface area contributed by atoms with Gasteiger partial charge in [0.1, 0.15) is 37.7 Å². The number of ether oxygens (including phenoxy) is 1. The van der Waals surface area contributed by atoms with Gasteiger partial charge in [0.05, 0.1) is 7.11 Å². The zero-order chi connectivity index (χ0) is 21.3. The molecule has 2 amide bonds. The van der Waals surface area contributed by atoms with Crippen molar-refractivity contribution in [1.82, 2.24) is 5.32 Å². The van der Waals surface area contributed by atoms with E-state index in [1.807, 2.05) is 24.3 Å². The van der Waals surface area contributed by atoms with Crippen LogP contribution < -0.4 is 25.2 Å². The van der Waals surface area contributed by atoms with Crippen molar-refractivity contribution < 1.29 is 28.5 Å². The molecule has 2 aromatic rings. The van der Waals surface area contributed by atoms with Crippen molar-refractivity contribution in [3.63, 3.8) is 0 Å². The molecule has 1 heterocycles. The molecule has 3 rings (SSSR count). The minimum atomic E-state index is -0.328. The summed E-state index contributed by atoms with van der Waals surface area (Å²) in [5.74, 6) is 0.405. The minimum absolute atomic E-state index is 0.0262. The number of rotatable bonds is 8. The van der Waals surface area contributed by atoms with E-state index in [0.29, 0.717) is 25.3 Å². The molecule has 0 unspecified atom stereocenters. The first-order chi connectivity index (χ1) is 14.5. The van der Waals surface area contributed by atoms with Gasteiger partial charge in [0, 0.05) is 12.2 Å². The molecule has 1 aliphatic heterocycles. The van der Waals surface area contributed by atoms with Crippen molar-refractivity contribution in [2.75, 3.05) is 51.7 Å². The average molecular weight is 416 g/mol. The molecular weight excluding hydrogens is 387 g/mol. The zero-order valence-corrected chi connectivity index (χ0v) is 17.2. The Morgan fingerprint density at radius 1 is 0.900 bits per heavy atom. The molecule has 4 N–H and O–H groups in total. The van der Waals surface area contributed by atoms with Crippen molar-refractivity contribution in [2.24, 2.45) is 0 Å². The van der Waals surface area contributed by atoms with Crippen LogP contribution in [0.1, 0.15) is 5.56 Å². The summed E-state index contributed by atoms with van der Waals surface area (Å²) < 4.78 is 18.1. The van der Waals surface area contributed by atoms with Gasteiger partial charge in [0.25, 0.3) is 11.8 Å². The largest absolute Gasteiger partial charge is 0.497 e. The van der Waals surface area contributed by atoms with Gasteiger partial charge in [-0.15, -0.1) is 0 Å². The van der Waals surface area contributed by atoms with E-state index in [9.17, 15) is 14.0 Å². The lowest BCUT2D eigenvalue weighted by Crippen LogP contribution is -3.28. The van der Waals surface area contributed by atoms with Crippen LogP contribution in [0.15, 0.2) is 48.5 Å². The number of hydrogen-bond acceptors (Lipinski definition) is 3. The topological polar surface area (TPSA) is 76.3 Å². The molecule has 160 valence electrons. The lowest BCUT2D eigenvalue weighted by molar-refractivity contribution is -1.00. The van der Waals surface area contributed by atoms with Crippen LogP contribution in [0.25, 0.3) is 0 Å². The molecule has 1 fully saturated rings. The Kier molecular flexibility index (Phi) is 7.75. The van der Waals surface area contributed by atoms with Crippen molar-refractivity contribution in [1.29, 1.82) is 0 Å². The number of methoxy groups -OCH3 is 1. The highest BCUT2D eigenvalue weighted by Gasteiger charge is 2.26. The van der Waals surface area contributed by atoms with Crippen molar-refractivity contribution in [3.05, 3.63) is 59.9 Å². The lowest BCUT2D eigenvalue weighted by Gasteiger charge is -2.29. The molecule has 0 aliphatic carbocycles. The van der Waals surface area contributed by atoms with Gasteiger partial charge in [-0.1, -0.05) is 12.1 Å². The fourth-order valence-electron chi connectivity index (χ4n) is 3.51. The van der Waals surface area contributed by atoms with Gasteiger partial charge < -0.3 is 25.2 Å². The van der Waals surface area contributed by atoms with Crippen LogP contribution in [0.5, 0.6) is 5.75 Å². The maximum atomic E-state index is 12.9. The Morgan fingerprint density at radius 3 is 2.03 bits per heavy atom. The fourth-order valence-corrected chi connectivity index (χ4v) is 3.51.